The first-order valence-electron chi connectivity index (χ1n) is 7.52. The Balaban J connectivity index is 1.86. The summed E-state index contributed by atoms with van der Waals surface area (Å²) in [5.41, 5.74) is 0.159. The van der Waals surface area contributed by atoms with E-state index in [1.54, 1.807) is 0 Å². The van der Waals surface area contributed by atoms with Crippen molar-refractivity contribution >= 4 is 11.9 Å². The first-order valence-corrected chi connectivity index (χ1v) is 7.52. The van der Waals surface area contributed by atoms with Crippen molar-refractivity contribution in [2.75, 3.05) is 0 Å². The van der Waals surface area contributed by atoms with Gasteiger partial charge in [-0.3, -0.25) is 4.79 Å². The van der Waals surface area contributed by atoms with E-state index in [9.17, 15) is 18.4 Å². The van der Waals surface area contributed by atoms with E-state index in [0.717, 1.165) is 25.7 Å². The summed E-state index contributed by atoms with van der Waals surface area (Å²) in [7, 11) is 0. The van der Waals surface area contributed by atoms with E-state index in [4.69, 9.17) is 4.74 Å². The molecule has 1 fully saturated rings. The van der Waals surface area contributed by atoms with Crippen molar-refractivity contribution in [2.24, 2.45) is 0 Å². The molecule has 1 aliphatic carbocycles. The normalized spacial score (nSPS) is 16.2. The smallest absolute Gasteiger partial charge is 0.387 e. The zero-order valence-corrected chi connectivity index (χ0v) is 12.8. The highest BCUT2D eigenvalue weighted by Gasteiger charge is 2.23. The number of hydrogen-bond acceptors (Lipinski definition) is 4. The molecule has 7 heteroatoms. The van der Waals surface area contributed by atoms with Crippen LogP contribution in [-0.4, -0.2) is 30.6 Å². The molecule has 0 spiro atoms. The molecule has 0 bridgehead atoms. The van der Waals surface area contributed by atoms with Gasteiger partial charge in [0.15, 0.2) is 6.10 Å². The molecule has 0 radical (unpaired) electrons. The highest BCUT2D eigenvalue weighted by molar-refractivity contribution is 5.92. The van der Waals surface area contributed by atoms with E-state index in [0.29, 0.717) is 0 Å². The van der Waals surface area contributed by atoms with E-state index in [2.05, 4.69) is 10.1 Å². The minimum Gasteiger partial charge on any atom is -0.449 e. The van der Waals surface area contributed by atoms with Crippen LogP contribution in [0.1, 0.15) is 43.0 Å². The maximum atomic E-state index is 12.0. The molecule has 1 aromatic carbocycles. The van der Waals surface area contributed by atoms with Gasteiger partial charge in [-0.25, -0.2) is 4.79 Å². The van der Waals surface area contributed by atoms with Crippen molar-refractivity contribution < 1.29 is 27.8 Å². The third kappa shape index (κ3) is 5.19. The quantitative estimate of drug-likeness (QED) is 0.816. The number of carbonyl (C=O) groups excluding carboxylic acids is 2. The predicted octanol–water partition coefficient (Wildman–Crippen LogP) is 2.89. The Hall–Kier alpha value is -2.18. The molecule has 0 heterocycles. The van der Waals surface area contributed by atoms with Crippen LogP contribution in [0.25, 0.3) is 0 Å². The summed E-state index contributed by atoms with van der Waals surface area (Å²) in [6.07, 6.45) is 3.15. The fourth-order valence-corrected chi connectivity index (χ4v) is 2.44. The van der Waals surface area contributed by atoms with Crippen LogP contribution in [0.3, 0.4) is 0 Å². The van der Waals surface area contributed by atoms with E-state index >= 15 is 0 Å². The molecule has 1 amide bonds. The third-order valence-corrected chi connectivity index (χ3v) is 3.67. The lowest BCUT2D eigenvalue weighted by atomic mass is 10.2. The molecule has 126 valence electrons. The Bertz CT molecular complexity index is 542. The lowest BCUT2D eigenvalue weighted by Gasteiger charge is -2.17. The van der Waals surface area contributed by atoms with Gasteiger partial charge < -0.3 is 14.8 Å². The Morgan fingerprint density at radius 1 is 1.17 bits per heavy atom. The van der Waals surface area contributed by atoms with Crippen molar-refractivity contribution in [1.29, 1.82) is 0 Å². The standard InChI is InChI=1S/C16H19F2NO4/c1-10(14(20)19-12-4-2-3-5-12)22-15(21)11-6-8-13(9-7-11)23-16(17)18/h6-10,12,16H,2-5H2,1H3,(H,19,20)/t10-/m1/s1. The maximum Gasteiger partial charge on any atom is 0.387 e. The third-order valence-electron chi connectivity index (χ3n) is 3.67. The lowest BCUT2D eigenvalue weighted by Crippen LogP contribution is -2.40. The zero-order chi connectivity index (χ0) is 16.8. The van der Waals surface area contributed by atoms with Crippen molar-refractivity contribution in [2.45, 2.75) is 51.4 Å². The summed E-state index contributed by atoms with van der Waals surface area (Å²) < 4.78 is 33.4. The molecule has 23 heavy (non-hydrogen) atoms. The van der Waals surface area contributed by atoms with Crippen molar-refractivity contribution in [3.05, 3.63) is 29.8 Å². The second-order valence-corrected chi connectivity index (χ2v) is 5.44. The Morgan fingerprint density at radius 3 is 2.35 bits per heavy atom. The van der Waals surface area contributed by atoms with Gasteiger partial charge in [0.25, 0.3) is 5.91 Å². The fraction of sp³-hybridized carbons (Fsp3) is 0.500. The molecular weight excluding hydrogens is 308 g/mol. The Kier molecular flexibility index (Phi) is 5.90. The van der Waals surface area contributed by atoms with Gasteiger partial charge in [0.1, 0.15) is 5.75 Å². The number of halogens is 2. The SMILES string of the molecule is C[C@@H](OC(=O)c1ccc(OC(F)F)cc1)C(=O)NC1CCCC1. The number of hydrogen-bond donors (Lipinski definition) is 1. The predicted molar refractivity (Wildman–Crippen MR) is 78.4 cm³/mol. The van der Waals surface area contributed by atoms with Gasteiger partial charge in [0.2, 0.25) is 0 Å². The number of esters is 1. The van der Waals surface area contributed by atoms with Crippen LogP contribution < -0.4 is 10.1 Å². The molecule has 1 N–H and O–H groups in total. The number of alkyl halides is 2. The van der Waals surface area contributed by atoms with E-state index in [1.807, 2.05) is 0 Å². The number of carbonyl (C=O) groups is 2. The van der Waals surface area contributed by atoms with E-state index in [1.165, 1.54) is 31.2 Å². The van der Waals surface area contributed by atoms with Crippen LogP contribution in [0.15, 0.2) is 24.3 Å². The van der Waals surface area contributed by atoms with Crippen molar-refractivity contribution in [3.8, 4) is 5.75 Å². The van der Waals surface area contributed by atoms with Gasteiger partial charge in [-0.2, -0.15) is 8.78 Å². The van der Waals surface area contributed by atoms with Gasteiger partial charge in [-0.15, -0.1) is 0 Å². The summed E-state index contributed by atoms with van der Waals surface area (Å²) >= 11 is 0. The first kappa shape index (κ1) is 17.2. The Morgan fingerprint density at radius 2 is 1.78 bits per heavy atom. The summed E-state index contributed by atoms with van der Waals surface area (Å²) in [5.74, 6) is -1.07. The van der Waals surface area contributed by atoms with E-state index in [-0.39, 0.29) is 23.3 Å². The second-order valence-electron chi connectivity index (χ2n) is 5.44. The average molecular weight is 327 g/mol. The molecule has 1 saturated carbocycles. The fourth-order valence-electron chi connectivity index (χ4n) is 2.44. The van der Waals surface area contributed by atoms with Crippen LogP contribution in [0.5, 0.6) is 5.75 Å². The first-order chi connectivity index (χ1) is 11.0. The molecule has 2 rings (SSSR count). The zero-order valence-electron chi connectivity index (χ0n) is 12.8. The number of ether oxygens (including phenoxy) is 2. The highest BCUT2D eigenvalue weighted by Crippen LogP contribution is 2.18. The summed E-state index contributed by atoms with van der Waals surface area (Å²) in [6, 6.07) is 5.25. The second kappa shape index (κ2) is 7.89. The van der Waals surface area contributed by atoms with Gasteiger partial charge in [0, 0.05) is 6.04 Å². The number of amides is 1. The molecule has 0 saturated heterocycles. The van der Waals surface area contributed by atoms with Gasteiger partial charge in [0.05, 0.1) is 5.56 Å². The van der Waals surface area contributed by atoms with Crippen LogP contribution in [0.2, 0.25) is 0 Å². The largest absolute Gasteiger partial charge is 0.449 e. The minimum absolute atomic E-state index is 0.0522. The van der Waals surface area contributed by atoms with Crippen molar-refractivity contribution in [1.82, 2.24) is 5.32 Å². The summed E-state index contributed by atoms with van der Waals surface area (Å²) in [5, 5.41) is 2.85. The van der Waals surface area contributed by atoms with Crippen molar-refractivity contribution in [3.63, 3.8) is 0 Å². The van der Waals surface area contributed by atoms with Crippen LogP contribution >= 0.6 is 0 Å². The molecule has 0 aliphatic heterocycles. The molecule has 1 aliphatic rings. The number of nitrogens with one attached hydrogen (secondary N) is 1. The number of rotatable bonds is 6. The average Bonchev–Trinajstić information content (AvgIpc) is 3.00. The molecule has 1 aromatic rings. The minimum atomic E-state index is -2.92. The molecular formula is C16H19F2NO4. The van der Waals surface area contributed by atoms with E-state index < -0.39 is 18.7 Å². The maximum absolute atomic E-state index is 12.0. The van der Waals surface area contributed by atoms with Crippen LogP contribution in [0.4, 0.5) is 8.78 Å². The summed E-state index contributed by atoms with van der Waals surface area (Å²) in [6.45, 7) is -1.43. The van der Waals surface area contributed by atoms with Crippen LogP contribution in [0, 0.1) is 0 Å². The summed E-state index contributed by atoms with van der Waals surface area (Å²) in [4.78, 5) is 23.9. The monoisotopic (exact) mass is 327 g/mol. The van der Waals surface area contributed by atoms with Gasteiger partial charge >= 0.3 is 12.6 Å². The topological polar surface area (TPSA) is 64.6 Å². The highest BCUT2D eigenvalue weighted by atomic mass is 19.3. The van der Waals surface area contributed by atoms with Gasteiger partial charge in [-0.1, -0.05) is 12.8 Å². The number of benzene rings is 1. The lowest BCUT2D eigenvalue weighted by molar-refractivity contribution is -0.129. The molecule has 0 aromatic heterocycles. The van der Waals surface area contributed by atoms with Crippen LogP contribution in [-0.2, 0) is 9.53 Å². The molecule has 1 atom stereocenters. The van der Waals surface area contributed by atoms with Gasteiger partial charge in [-0.05, 0) is 44.0 Å². The Labute approximate surface area is 133 Å². The molecule has 5 nitrogen and oxygen atoms in total. The molecule has 0 unspecified atom stereocenters.